The van der Waals surface area contributed by atoms with Gasteiger partial charge in [0.2, 0.25) is 0 Å². The summed E-state index contributed by atoms with van der Waals surface area (Å²) in [4.78, 5) is 0. The lowest BCUT2D eigenvalue weighted by Gasteiger charge is -2.13. The Kier molecular flexibility index (Phi) is 4.14. The van der Waals surface area contributed by atoms with Gasteiger partial charge in [-0.25, -0.2) is 4.39 Å². The highest BCUT2D eigenvalue weighted by Crippen LogP contribution is 2.33. The quantitative estimate of drug-likeness (QED) is 0.816. The van der Waals surface area contributed by atoms with Gasteiger partial charge in [0, 0.05) is 6.04 Å². The predicted octanol–water partition coefficient (Wildman–Crippen LogP) is 3.43. The summed E-state index contributed by atoms with van der Waals surface area (Å²) in [6.07, 6.45) is -3.66. The fraction of sp³-hybridized carbons (Fsp3) is 0.500. The third kappa shape index (κ3) is 3.70. The van der Waals surface area contributed by atoms with E-state index in [1.807, 2.05) is 0 Å². The normalized spacial score (nSPS) is 13.8. The number of rotatable bonds is 3. The second-order valence-corrected chi connectivity index (χ2v) is 4.29. The minimum Gasteiger partial charge on any atom is -0.328 e. The van der Waals surface area contributed by atoms with Crippen LogP contribution in [0.15, 0.2) is 12.1 Å². The zero-order valence-corrected chi connectivity index (χ0v) is 9.74. The van der Waals surface area contributed by atoms with Crippen molar-refractivity contribution >= 4 is 0 Å². The Hall–Kier alpha value is -1.10. The van der Waals surface area contributed by atoms with Crippen molar-refractivity contribution < 1.29 is 17.6 Å². The lowest BCUT2D eigenvalue weighted by molar-refractivity contribution is -0.140. The van der Waals surface area contributed by atoms with E-state index in [0.29, 0.717) is 18.4 Å². The monoisotopic (exact) mass is 249 g/mol. The van der Waals surface area contributed by atoms with Crippen LogP contribution >= 0.6 is 0 Å². The fourth-order valence-corrected chi connectivity index (χ4v) is 1.59. The van der Waals surface area contributed by atoms with Gasteiger partial charge in [-0.15, -0.1) is 0 Å². The van der Waals surface area contributed by atoms with Crippen LogP contribution in [0.2, 0.25) is 0 Å². The average Bonchev–Trinajstić information content (AvgIpc) is 2.17. The van der Waals surface area contributed by atoms with Crippen molar-refractivity contribution in [2.45, 2.75) is 38.9 Å². The summed E-state index contributed by atoms with van der Waals surface area (Å²) >= 11 is 0. The highest BCUT2D eigenvalue weighted by molar-refractivity contribution is 5.33. The van der Waals surface area contributed by atoms with Gasteiger partial charge in [0.1, 0.15) is 5.82 Å². The molecule has 0 bridgehead atoms. The summed E-state index contributed by atoms with van der Waals surface area (Å²) < 4.78 is 51.0. The van der Waals surface area contributed by atoms with Crippen LogP contribution in [0.3, 0.4) is 0 Å². The molecule has 0 aliphatic rings. The average molecular weight is 249 g/mol. The van der Waals surface area contributed by atoms with Gasteiger partial charge in [-0.3, -0.25) is 0 Å². The second-order valence-electron chi connectivity index (χ2n) is 4.29. The van der Waals surface area contributed by atoms with Gasteiger partial charge in [0.05, 0.1) is 5.56 Å². The van der Waals surface area contributed by atoms with Crippen LogP contribution in [0.5, 0.6) is 0 Å². The van der Waals surface area contributed by atoms with Crippen LogP contribution in [0.25, 0.3) is 0 Å². The molecular weight excluding hydrogens is 234 g/mol. The van der Waals surface area contributed by atoms with Crippen molar-refractivity contribution in [3.8, 4) is 0 Å². The molecule has 0 heterocycles. The maximum atomic E-state index is 13.3. The zero-order valence-electron chi connectivity index (χ0n) is 9.74. The maximum Gasteiger partial charge on any atom is 0.419 e. The highest BCUT2D eigenvalue weighted by Gasteiger charge is 2.34. The Bertz CT molecular complexity index is 396. The smallest absolute Gasteiger partial charge is 0.328 e. The molecule has 5 heteroatoms. The molecule has 0 aromatic heterocycles. The van der Waals surface area contributed by atoms with Crippen LogP contribution in [0.4, 0.5) is 17.6 Å². The van der Waals surface area contributed by atoms with Crippen molar-refractivity contribution in [1.82, 2.24) is 0 Å². The first-order valence-corrected chi connectivity index (χ1v) is 5.33. The molecule has 0 spiro atoms. The molecule has 1 aromatic carbocycles. The first-order chi connectivity index (χ1) is 7.71. The molecule has 0 radical (unpaired) electrons. The Morgan fingerprint density at radius 2 is 1.88 bits per heavy atom. The van der Waals surface area contributed by atoms with Crippen LogP contribution in [0.1, 0.15) is 30.0 Å². The van der Waals surface area contributed by atoms with E-state index in [1.54, 1.807) is 6.92 Å². The van der Waals surface area contributed by atoms with E-state index in [9.17, 15) is 17.6 Å². The van der Waals surface area contributed by atoms with E-state index in [1.165, 1.54) is 13.0 Å². The van der Waals surface area contributed by atoms with Crippen LogP contribution < -0.4 is 5.73 Å². The lowest BCUT2D eigenvalue weighted by atomic mass is 10.0. The lowest BCUT2D eigenvalue weighted by Crippen LogP contribution is -2.16. The predicted molar refractivity (Wildman–Crippen MR) is 58.1 cm³/mol. The Labute approximate surface area is 97.6 Å². The van der Waals surface area contributed by atoms with Gasteiger partial charge in [0.25, 0.3) is 0 Å². The molecule has 1 atom stereocenters. The number of nitrogens with two attached hydrogens (primary N) is 1. The molecule has 2 N–H and O–H groups in total. The number of alkyl halides is 3. The van der Waals surface area contributed by atoms with E-state index >= 15 is 0 Å². The van der Waals surface area contributed by atoms with E-state index in [4.69, 9.17) is 5.73 Å². The minimum atomic E-state index is -4.65. The molecule has 0 fully saturated rings. The molecular formula is C12H15F4N. The summed E-state index contributed by atoms with van der Waals surface area (Å²) in [5.74, 6) is -1.19. The standard InChI is InChI=1S/C12H15F4N/c1-7-5-9(4-3-8(2)17)6-10(11(7)13)12(14,15)16/h5-6,8H,3-4,17H2,1-2H3/t8-/m1/s1. The number of hydrogen-bond donors (Lipinski definition) is 1. The van der Waals surface area contributed by atoms with Gasteiger partial charge in [0.15, 0.2) is 0 Å². The molecule has 1 rings (SSSR count). The summed E-state index contributed by atoms with van der Waals surface area (Å²) in [5, 5.41) is 0. The molecule has 0 amide bonds. The SMILES string of the molecule is Cc1cc(CC[C@@H](C)N)cc(C(F)(F)F)c1F. The van der Waals surface area contributed by atoms with E-state index in [2.05, 4.69) is 0 Å². The highest BCUT2D eigenvalue weighted by atomic mass is 19.4. The summed E-state index contributed by atoms with van der Waals surface area (Å²) in [7, 11) is 0. The van der Waals surface area contributed by atoms with E-state index < -0.39 is 17.6 Å². The molecule has 17 heavy (non-hydrogen) atoms. The number of halogens is 4. The summed E-state index contributed by atoms with van der Waals surface area (Å²) in [5.41, 5.74) is 4.82. The summed E-state index contributed by atoms with van der Waals surface area (Å²) in [6, 6.07) is 2.21. The van der Waals surface area contributed by atoms with Crippen molar-refractivity contribution in [3.63, 3.8) is 0 Å². The molecule has 0 saturated carbocycles. The molecule has 0 saturated heterocycles. The third-order valence-corrected chi connectivity index (χ3v) is 2.51. The zero-order chi connectivity index (χ0) is 13.2. The third-order valence-electron chi connectivity index (χ3n) is 2.51. The molecule has 1 nitrogen and oxygen atoms in total. The fourth-order valence-electron chi connectivity index (χ4n) is 1.59. The van der Waals surface area contributed by atoms with Gasteiger partial charge in [-0.1, -0.05) is 6.07 Å². The second kappa shape index (κ2) is 5.04. The molecule has 1 aromatic rings. The van der Waals surface area contributed by atoms with Crippen LogP contribution in [0, 0.1) is 12.7 Å². The van der Waals surface area contributed by atoms with Crippen molar-refractivity contribution in [2.24, 2.45) is 5.73 Å². The Morgan fingerprint density at radius 3 is 2.35 bits per heavy atom. The Balaban J connectivity index is 3.07. The van der Waals surface area contributed by atoms with Crippen LogP contribution in [-0.2, 0) is 12.6 Å². The van der Waals surface area contributed by atoms with Crippen molar-refractivity contribution in [3.05, 3.63) is 34.6 Å². The molecule has 0 aliphatic heterocycles. The van der Waals surface area contributed by atoms with Gasteiger partial charge >= 0.3 is 6.18 Å². The Morgan fingerprint density at radius 1 is 1.29 bits per heavy atom. The largest absolute Gasteiger partial charge is 0.419 e. The topological polar surface area (TPSA) is 26.0 Å². The molecule has 0 aliphatic carbocycles. The van der Waals surface area contributed by atoms with Gasteiger partial charge in [-0.2, -0.15) is 13.2 Å². The molecule has 96 valence electrons. The summed E-state index contributed by atoms with van der Waals surface area (Å²) in [6.45, 7) is 3.11. The van der Waals surface area contributed by atoms with Crippen molar-refractivity contribution in [2.75, 3.05) is 0 Å². The first kappa shape index (κ1) is 14.0. The minimum absolute atomic E-state index is 0.0134. The molecule has 0 unspecified atom stereocenters. The van der Waals surface area contributed by atoms with Crippen molar-refractivity contribution in [1.29, 1.82) is 0 Å². The van der Waals surface area contributed by atoms with Crippen LogP contribution in [-0.4, -0.2) is 6.04 Å². The van der Waals surface area contributed by atoms with Gasteiger partial charge < -0.3 is 5.73 Å². The van der Waals surface area contributed by atoms with Gasteiger partial charge in [-0.05, 0) is 43.9 Å². The number of benzene rings is 1. The van der Waals surface area contributed by atoms with E-state index in [-0.39, 0.29) is 11.6 Å². The number of hydrogen-bond acceptors (Lipinski definition) is 1. The van der Waals surface area contributed by atoms with E-state index in [0.717, 1.165) is 6.07 Å². The number of aryl methyl sites for hydroxylation is 2. The first-order valence-electron chi connectivity index (χ1n) is 5.33. The maximum absolute atomic E-state index is 13.3.